The fourth-order valence-electron chi connectivity index (χ4n) is 1.47. The van der Waals surface area contributed by atoms with Crippen LogP contribution >= 0.6 is 11.3 Å². The molecule has 0 radical (unpaired) electrons. The molecule has 1 aromatic rings. The summed E-state index contributed by atoms with van der Waals surface area (Å²) in [5.41, 5.74) is 5.84. The number of carbonyl (C=O) groups excluding carboxylic acids is 1. The normalized spacial score (nSPS) is 17.8. The van der Waals surface area contributed by atoms with Gasteiger partial charge < -0.3 is 10.5 Å². The van der Waals surface area contributed by atoms with Gasteiger partial charge >= 0.3 is 5.97 Å². The van der Waals surface area contributed by atoms with E-state index < -0.39 is 5.41 Å². The van der Waals surface area contributed by atoms with Crippen molar-refractivity contribution in [3.8, 4) is 0 Å². The molecule has 14 heavy (non-hydrogen) atoms. The van der Waals surface area contributed by atoms with Crippen molar-refractivity contribution in [2.24, 2.45) is 0 Å². The third-order valence-corrected chi connectivity index (χ3v) is 3.10. The Morgan fingerprint density at radius 2 is 2.50 bits per heavy atom. The molecule has 0 saturated heterocycles. The Balaban J connectivity index is 2.21. The zero-order valence-electron chi connectivity index (χ0n) is 7.95. The summed E-state index contributed by atoms with van der Waals surface area (Å²) in [7, 11) is 0. The van der Waals surface area contributed by atoms with E-state index in [1.54, 1.807) is 0 Å². The molecule has 0 bridgehead atoms. The molecular formula is C9H12N2O2S. The van der Waals surface area contributed by atoms with E-state index in [0.29, 0.717) is 11.7 Å². The zero-order valence-corrected chi connectivity index (χ0v) is 8.76. The van der Waals surface area contributed by atoms with Gasteiger partial charge in [-0.1, -0.05) is 0 Å². The van der Waals surface area contributed by atoms with Gasteiger partial charge in [-0.15, -0.1) is 11.3 Å². The Kier molecular flexibility index (Phi) is 2.19. The molecule has 4 nitrogen and oxygen atoms in total. The highest BCUT2D eigenvalue weighted by molar-refractivity contribution is 7.13. The lowest BCUT2D eigenvalue weighted by atomic mass is 10.0. The quantitative estimate of drug-likeness (QED) is 0.767. The summed E-state index contributed by atoms with van der Waals surface area (Å²) < 4.78 is 5.02. The van der Waals surface area contributed by atoms with Gasteiger partial charge in [0.05, 0.1) is 12.3 Å². The van der Waals surface area contributed by atoms with Gasteiger partial charge in [0, 0.05) is 5.38 Å². The summed E-state index contributed by atoms with van der Waals surface area (Å²) >= 11 is 1.37. The SMILES string of the molecule is CCOC(=O)C1(c2csc(N)n2)CC1. The van der Waals surface area contributed by atoms with Gasteiger partial charge in [-0.25, -0.2) is 4.98 Å². The summed E-state index contributed by atoms with van der Waals surface area (Å²) in [4.78, 5) is 15.8. The number of hydrogen-bond acceptors (Lipinski definition) is 5. The lowest BCUT2D eigenvalue weighted by molar-refractivity contribution is -0.146. The molecule has 0 spiro atoms. The molecule has 76 valence electrons. The van der Waals surface area contributed by atoms with E-state index in [1.165, 1.54) is 11.3 Å². The second-order valence-electron chi connectivity index (χ2n) is 3.37. The lowest BCUT2D eigenvalue weighted by Gasteiger charge is -2.10. The number of ether oxygens (including phenoxy) is 1. The van der Waals surface area contributed by atoms with Crippen LogP contribution in [0.2, 0.25) is 0 Å². The number of anilines is 1. The number of nitrogens with zero attached hydrogens (tertiary/aromatic N) is 1. The molecule has 1 aliphatic rings. The minimum Gasteiger partial charge on any atom is -0.465 e. The summed E-state index contributed by atoms with van der Waals surface area (Å²) in [5, 5.41) is 2.36. The Bertz CT molecular complexity index is 357. The first-order valence-corrected chi connectivity index (χ1v) is 5.46. The molecule has 0 aromatic carbocycles. The molecule has 1 fully saturated rings. The maximum absolute atomic E-state index is 11.6. The molecular weight excluding hydrogens is 200 g/mol. The topological polar surface area (TPSA) is 65.2 Å². The number of nitrogen functional groups attached to an aromatic ring is 1. The van der Waals surface area contributed by atoms with Crippen LogP contribution in [0.15, 0.2) is 5.38 Å². The van der Waals surface area contributed by atoms with E-state index in [4.69, 9.17) is 10.5 Å². The van der Waals surface area contributed by atoms with Crippen LogP contribution in [0.3, 0.4) is 0 Å². The standard InChI is InChI=1S/C9H12N2O2S/c1-2-13-7(12)9(3-4-9)6-5-14-8(10)11-6/h5H,2-4H2,1H3,(H2,10,11). The van der Waals surface area contributed by atoms with Crippen LogP contribution in [0.5, 0.6) is 0 Å². The highest BCUT2D eigenvalue weighted by Crippen LogP contribution is 2.49. The predicted molar refractivity (Wildman–Crippen MR) is 54.1 cm³/mol. The minimum atomic E-state index is -0.468. The number of aromatic nitrogens is 1. The van der Waals surface area contributed by atoms with E-state index in [1.807, 2.05) is 12.3 Å². The van der Waals surface area contributed by atoms with Gasteiger partial charge in [0.1, 0.15) is 5.41 Å². The molecule has 0 aliphatic heterocycles. The van der Waals surface area contributed by atoms with Crippen LogP contribution in [-0.2, 0) is 14.9 Å². The maximum atomic E-state index is 11.6. The molecule has 2 N–H and O–H groups in total. The van der Waals surface area contributed by atoms with Crippen molar-refractivity contribution >= 4 is 22.4 Å². The van der Waals surface area contributed by atoms with Gasteiger partial charge in [0.25, 0.3) is 0 Å². The molecule has 1 heterocycles. The van der Waals surface area contributed by atoms with Crippen molar-refractivity contribution in [1.82, 2.24) is 4.98 Å². The van der Waals surface area contributed by atoms with Crippen LogP contribution in [0.1, 0.15) is 25.5 Å². The molecule has 1 aromatic heterocycles. The second-order valence-corrected chi connectivity index (χ2v) is 4.26. The third-order valence-electron chi connectivity index (χ3n) is 2.43. The molecule has 2 rings (SSSR count). The first kappa shape index (κ1) is 9.45. The number of hydrogen-bond donors (Lipinski definition) is 1. The molecule has 0 atom stereocenters. The average Bonchev–Trinajstić information content (AvgIpc) is 2.85. The first-order valence-electron chi connectivity index (χ1n) is 4.58. The summed E-state index contributed by atoms with van der Waals surface area (Å²) in [5.74, 6) is -0.162. The number of carbonyl (C=O) groups is 1. The minimum absolute atomic E-state index is 0.162. The van der Waals surface area contributed by atoms with Crippen molar-refractivity contribution in [3.63, 3.8) is 0 Å². The van der Waals surface area contributed by atoms with Crippen molar-refractivity contribution in [3.05, 3.63) is 11.1 Å². The zero-order chi connectivity index (χ0) is 10.2. The molecule has 0 amide bonds. The number of rotatable bonds is 3. The van der Waals surface area contributed by atoms with Gasteiger partial charge in [0.15, 0.2) is 5.13 Å². The lowest BCUT2D eigenvalue weighted by Crippen LogP contribution is -2.23. The number of thiazole rings is 1. The van der Waals surface area contributed by atoms with Crippen LogP contribution in [0, 0.1) is 0 Å². The van der Waals surface area contributed by atoms with E-state index in [-0.39, 0.29) is 5.97 Å². The van der Waals surface area contributed by atoms with Gasteiger partial charge in [-0.05, 0) is 19.8 Å². The second kappa shape index (κ2) is 3.24. The Morgan fingerprint density at radius 1 is 1.79 bits per heavy atom. The third kappa shape index (κ3) is 1.37. The average molecular weight is 212 g/mol. The monoisotopic (exact) mass is 212 g/mol. The summed E-state index contributed by atoms with van der Waals surface area (Å²) in [6.07, 6.45) is 1.66. The largest absolute Gasteiger partial charge is 0.465 e. The Morgan fingerprint density at radius 3 is 2.93 bits per heavy atom. The van der Waals surface area contributed by atoms with Gasteiger partial charge in [0.2, 0.25) is 0 Å². The fraction of sp³-hybridized carbons (Fsp3) is 0.556. The van der Waals surface area contributed by atoms with Crippen molar-refractivity contribution < 1.29 is 9.53 Å². The maximum Gasteiger partial charge on any atom is 0.318 e. The smallest absolute Gasteiger partial charge is 0.318 e. The molecule has 1 saturated carbocycles. The van der Waals surface area contributed by atoms with Crippen LogP contribution in [0.4, 0.5) is 5.13 Å². The highest BCUT2D eigenvalue weighted by Gasteiger charge is 2.54. The van der Waals surface area contributed by atoms with E-state index in [0.717, 1.165) is 18.5 Å². The highest BCUT2D eigenvalue weighted by atomic mass is 32.1. The van der Waals surface area contributed by atoms with E-state index in [2.05, 4.69) is 4.98 Å². The Labute approximate surface area is 86.1 Å². The number of nitrogens with two attached hydrogens (primary N) is 1. The van der Waals surface area contributed by atoms with Crippen LogP contribution < -0.4 is 5.73 Å². The summed E-state index contributed by atoms with van der Waals surface area (Å²) in [6, 6.07) is 0. The fourth-order valence-corrected chi connectivity index (χ4v) is 2.13. The van der Waals surface area contributed by atoms with Gasteiger partial charge in [-0.3, -0.25) is 4.79 Å². The van der Waals surface area contributed by atoms with E-state index in [9.17, 15) is 4.79 Å². The predicted octanol–water partition coefficient (Wildman–Crippen LogP) is 1.32. The van der Waals surface area contributed by atoms with Crippen molar-refractivity contribution in [1.29, 1.82) is 0 Å². The van der Waals surface area contributed by atoms with Crippen LogP contribution in [-0.4, -0.2) is 17.6 Å². The summed E-state index contributed by atoms with van der Waals surface area (Å²) in [6.45, 7) is 2.23. The first-order chi connectivity index (χ1) is 6.69. The van der Waals surface area contributed by atoms with E-state index >= 15 is 0 Å². The van der Waals surface area contributed by atoms with Crippen molar-refractivity contribution in [2.45, 2.75) is 25.2 Å². The van der Waals surface area contributed by atoms with Gasteiger partial charge in [-0.2, -0.15) is 0 Å². The number of esters is 1. The van der Waals surface area contributed by atoms with Crippen molar-refractivity contribution in [2.75, 3.05) is 12.3 Å². The molecule has 5 heteroatoms. The molecule has 1 aliphatic carbocycles. The van der Waals surface area contributed by atoms with Crippen LogP contribution in [0.25, 0.3) is 0 Å². The Hall–Kier alpha value is -1.10. The molecule has 0 unspecified atom stereocenters.